The standard InChI is InChI=1S/C32H26N2O6S/c1-37-28-18-22(27(19-29(28)38-2)39-20-21-9-5-3-6-10-21)17-26-30(35)33-32(41)34(31(26)36)23-13-15-25(16-14-23)40-24-11-7-4-8-12-24/h3-19H,20H2,1-2H3,(H,33,35,41). The summed E-state index contributed by atoms with van der Waals surface area (Å²) in [5.41, 5.74) is 1.75. The van der Waals surface area contributed by atoms with E-state index in [-0.39, 0.29) is 17.3 Å². The van der Waals surface area contributed by atoms with Crippen LogP contribution in [0.4, 0.5) is 5.69 Å². The van der Waals surface area contributed by atoms with Gasteiger partial charge in [0.05, 0.1) is 19.9 Å². The first-order chi connectivity index (χ1) is 20.0. The van der Waals surface area contributed by atoms with Crippen LogP contribution in [0.15, 0.2) is 103 Å². The molecular formula is C32H26N2O6S. The van der Waals surface area contributed by atoms with Gasteiger partial charge in [-0.1, -0.05) is 48.5 Å². The second-order valence-electron chi connectivity index (χ2n) is 8.89. The van der Waals surface area contributed by atoms with Gasteiger partial charge in [-0.2, -0.15) is 0 Å². The molecule has 0 unspecified atom stereocenters. The zero-order valence-electron chi connectivity index (χ0n) is 22.3. The zero-order valence-corrected chi connectivity index (χ0v) is 23.1. The number of hydrogen-bond acceptors (Lipinski definition) is 7. The lowest BCUT2D eigenvalue weighted by Crippen LogP contribution is -2.54. The Bertz CT molecular complexity index is 1610. The van der Waals surface area contributed by atoms with Gasteiger partial charge in [-0.3, -0.25) is 19.8 Å². The van der Waals surface area contributed by atoms with Crippen molar-refractivity contribution < 1.29 is 28.5 Å². The van der Waals surface area contributed by atoms with E-state index in [0.29, 0.717) is 40.0 Å². The van der Waals surface area contributed by atoms with Crippen LogP contribution in [-0.4, -0.2) is 31.1 Å². The van der Waals surface area contributed by atoms with E-state index in [1.54, 1.807) is 36.4 Å². The predicted molar refractivity (Wildman–Crippen MR) is 159 cm³/mol. The number of methoxy groups -OCH3 is 2. The summed E-state index contributed by atoms with van der Waals surface area (Å²) in [5.74, 6) is 1.32. The van der Waals surface area contributed by atoms with E-state index in [2.05, 4.69) is 5.32 Å². The van der Waals surface area contributed by atoms with Gasteiger partial charge in [0.25, 0.3) is 11.8 Å². The lowest BCUT2D eigenvalue weighted by molar-refractivity contribution is -0.122. The first-order valence-corrected chi connectivity index (χ1v) is 13.0. The molecule has 0 atom stereocenters. The van der Waals surface area contributed by atoms with E-state index in [1.165, 1.54) is 25.2 Å². The molecule has 1 fully saturated rings. The topological polar surface area (TPSA) is 86.3 Å². The normalized spacial score (nSPS) is 14.0. The van der Waals surface area contributed by atoms with Crippen LogP contribution in [-0.2, 0) is 16.2 Å². The number of anilines is 1. The second-order valence-corrected chi connectivity index (χ2v) is 9.27. The summed E-state index contributed by atoms with van der Waals surface area (Å²) in [7, 11) is 3.02. The minimum absolute atomic E-state index is 0.0262. The molecule has 1 heterocycles. The van der Waals surface area contributed by atoms with Crippen LogP contribution in [0.1, 0.15) is 11.1 Å². The first kappa shape index (κ1) is 27.4. The minimum Gasteiger partial charge on any atom is -0.493 e. The van der Waals surface area contributed by atoms with Gasteiger partial charge in [0, 0.05) is 11.6 Å². The van der Waals surface area contributed by atoms with E-state index >= 15 is 0 Å². The summed E-state index contributed by atoms with van der Waals surface area (Å²) in [6.07, 6.45) is 1.46. The number of nitrogens with one attached hydrogen (secondary N) is 1. The molecule has 4 aromatic rings. The molecule has 0 spiro atoms. The first-order valence-electron chi connectivity index (χ1n) is 12.6. The number of ether oxygens (including phenoxy) is 4. The van der Waals surface area contributed by atoms with Crippen molar-refractivity contribution in [1.82, 2.24) is 5.32 Å². The fraction of sp³-hybridized carbons (Fsp3) is 0.0938. The molecule has 9 heteroatoms. The van der Waals surface area contributed by atoms with Crippen LogP contribution in [0.3, 0.4) is 0 Å². The van der Waals surface area contributed by atoms with Crippen LogP contribution in [0, 0.1) is 0 Å². The predicted octanol–water partition coefficient (Wildman–Crippen LogP) is 5.91. The summed E-state index contributed by atoms with van der Waals surface area (Å²) < 4.78 is 22.8. The summed E-state index contributed by atoms with van der Waals surface area (Å²) in [6, 6.07) is 29.1. The number of nitrogens with zero attached hydrogens (tertiary/aromatic N) is 1. The summed E-state index contributed by atoms with van der Waals surface area (Å²) in [6.45, 7) is 0.264. The SMILES string of the molecule is COc1cc(C=C2C(=O)NC(=S)N(c3ccc(Oc4ccccc4)cc3)C2=O)c(OCc2ccccc2)cc1OC. The molecule has 5 rings (SSSR count). The van der Waals surface area contributed by atoms with E-state index in [9.17, 15) is 9.59 Å². The molecule has 0 saturated carbocycles. The van der Waals surface area contributed by atoms with E-state index in [0.717, 1.165) is 5.56 Å². The van der Waals surface area contributed by atoms with E-state index in [1.807, 2.05) is 60.7 Å². The molecule has 0 bridgehead atoms. The van der Waals surface area contributed by atoms with Crippen molar-refractivity contribution >= 4 is 40.9 Å². The Kier molecular flexibility index (Phi) is 8.26. The van der Waals surface area contributed by atoms with Gasteiger partial charge in [0.2, 0.25) is 0 Å². The van der Waals surface area contributed by atoms with Crippen molar-refractivity contribution in [2.75, 3.05) is 19.1 Å². The van der Waals surface area contributed by atoms with Gasteiger partial charge in [-0.25, -0.2) is 0 Å². The molecule has 206 valence electrons. The van der Waals surface area contributed by atoms with Crippen LogP contribution >= 0.6 is 12.2 Å². The Morgan fingerprint density at radius 1 is 0.780 bits per heavy atom. The lowest BCUT2D eigenvalue weighted by Gasteiger charge is -2.29. The smallest absolute Gasteiger partial charge is 0.270 e. The maximum Gasteiger partial charge on any atom is 0.270 e. The number of hydrogen-bond donors (Lipinski definition) is 1. The number of amides is 2. The fourth-order valence-electron chi connectivity index (χ4n) is 4.18. The molecule has 0 radical (unpaired) electrons. The Balaban J connectivity index is 1.46. The van der Waals surface area contributed by atoms with Crippen LogP contribution in [0.25, 0.3) is 6.08 Å². The van der Waals surface area contributed by atoms with Crippen molar-refractivity contribution in [1.29, 1.82) is 0 Å². The number of para-hydroxylation sites is 1. The molecule has 1 N–H and O–H groups in total. The molecular weight excluding hydrogens is 540 g/mol. The number of benzene rings is 4. The van der Waals surface area contributed by atoms with Gasteiger partial charge in [0.1, 0.15) is 29.4 Å². The zero-order chi connectivity index (χ0) is 28.8. The minimum atomic E-state index is -0.621. The highest BCUT2D eigenvalue weighted by molar-refractivity contribution is 7.80. The molecule has 1 saturated heterocycles. The Hall–Kier alpha value is -5.15. The van der Waals surface area contributed by atoms with Crippen LogP contribution < -0.4 is 29.2 Å². The second kappa shape index (κ2) is 12.4. The highest BCUT2D eigenvalue weighted by Gasteiger charge is 2.35. The van der Waals surface area contributed by atoms with Crippen molar-refractivity contribution in [2.45, 2.75) is 6.61 Å². The van der Waals surface area contributed by atoms with E-state index < -0.39 is 11.8 Å². The van der Waals surface area contributed by atoms with E-state index in [4.69, 9.17) is 31.2 Å². The molecule has 8 nitrogen and oxygen atoms in total. The van der Waals surface area contributed by atoms with Gasteiger partial charge in [0.15, 0.2) is 16.6 Å². The average Bonchev–Trinajstić information content (AvgIpc) is 3.00. The summed E-state index contributed by atoms with van der Waals surface area (Å²) in [4.78, 5) is 27.9. The third-order valence-electron chi connectivity index (χ3n) is 6.23. The maximum atomic E-state index is 13.7. The summed E-state index contributed by atoms with van der Waals surface area (Å²) >= 11 is 5.37. The third-order valence-corrected chi connectivity index (χ3v) is 6.51. The molecule has 1 aliphatic rings. The highest BCUT2D eigenvalue weighted by atomic mass is 32.1. The van der Waals surface area contributed by atoms with Gasteiger partial charge < -0.3 is 18.9 Å². The monoisotopic (exact) mass is 566 g/mol. The maximum absolute atomic E-state index is 13.7. The lowest BCUT2D eigenvalue weighted by atomic mass is 10.1. The number of rotatable bonds is 9. The molecule has 0 aliphatic carbocycles. The van der Waals surface area contributed by atoms with Crippen molar-refractivity contribution in [3.63, 3.8) is 0 Å². The molecule has 41 heavy (non-hydrogen) atoms. The average molecular weight is 567 g/mol. The van der Waals surface area contributed by atoms with Crippen molar-refractivity contribution in [2.24, 2.45) is 0 Å². The quantitative estimate of drug-likeness (QED) is 0.153. The third kappa shape index (κ3) is 6.21. The summed E-state index contributed by atoms with van der Waals surface area (Å²) in [5, 5.41) is 2.59. The van der Waals surface area contributed by atoms with Gasteiger partial charge in [-0.15, -0.1) is 0 Å². The highest BCUT2D eigenvalue weighted by Crippen LogP contribution is 2.37. The van der Waals surface area contributed by atoms with Gasteiger partial charge in [-0.05, 0) is 66.3 Å². The number of carbonyl (C=O) groups excluding carboxylic acids is 2. The Labute approximate surface area is 242 Å². The molecule has 1 aliphatic heterocycles. The Morgan fingerprint density at radius 2 is 1.39 bits per heavy atom. The Morgan fingerprint density at radius 3 is 2.05 bits per heavy atom. The van der Waals surface area contributed by atoms with Crippen LogP contribution in [0.5, 0.6) is 28.7 Å². The molecule has 0 aromatic heterocycles. The van der Waals surface area contributed by atoms with Gasteiger partial charge >= 0.3 is 0 Å². The van der Waals surface area contributed by atoms with Crippen molar-refractivity contribution in [3.8, 4) is 28.7 Å². The largest absolute Gasteiger partial charge is 0.493 e. The molecule has 4 aromatic carbocycles. The number of carbonyl (C=O) groups is 2. The van der Waals surface area contributed by atoms with Crippen molar-refractivity contribution in [3.05, 3.63) is 114 Å². The molecule has 2 amide bonds. The van der Waals surface area contributed by atoms with Crippen LogP contribution in [0.2, 0.25) is 0 Å². The number of thiocarbonyl (C=S) groups is 1. The fourth-order valence-corrected chi connectivity index (χ4v) is 4.47.